The summed E-state index contributed by atoms with van der Waals surface area (Å²) < 4.78 is 11.4. The standard InChI is InChI=1S/C28H30N2O4/c1-33-24-12-6-10-21(16-24)27(31)29-23-11-5-9-20(15-23)26-17-22-18-30(14-13-25(22)34-26)28(32)19-7-3-2-4-8-19/h5-6,9-12,15-17,19H,2-4,7-8,13-14,18H2,1H3,(H,29,31). The molecule has 6 nitrogen and oxygen atoms in total. The minimum Gasteiger partial charge on any atom is -0.497 e. The van der Waals surface area contributed by atoms with Crippen LogP contribution in [0.15, 0.2) is 59.0 Å². The van der Waals surface area contributed by atoms with Crippen LogP contribution in [0.1, 0.15) is 53.8 Å². The first-order valence-corrected chi connectivity index (χ1v) is 12.1. The third-order valence-electron chi connectivity index (χ3n) is 6.87. The number of hydrogen-bond acceptors (Lipinski definition) is 4. The summed E-state index contributed by atoms with van der Waals surface area (Å²) in [6, 6.07) is 16.7. The molecular weight excluding hydrogens is 428 g/mol. The highest BCUT2D eigenvalue weighted by molar-refractivity contribution is 6.04. The number of anilines is 1. The van der Waals surface area contributed by atoms with Gasteiger partial charge in [-0.15, -0.1) is 0 Å². The molecule has 2 heterocycles. The number of methoxy groups -OCH3 is 1. The Balaban J connectivity index is 1.29. The van der Waals surface area contributed by atoms with E-state index in [1.807, 2.05) is 35.2 Å². The molecule has 1 N–H and O–H groups in total. The van der Waals surface area contributed by atoms with Gasteiger partial charge < -0.3 is 19.4 Å². The van der Waals surface area contributed by atoms with Gasteiger partial charge in [-0.2, -0.15) is 0 Å². The van der Waals surface area contributed by atoms with Crippen molar-refractivity contribution in [3.8, 4) is 17.1 Å². The van der Waals surface area contributed by atoms with Gasteiger partial charge in [-0.05, 0) is 49.2 Å². The summed E-state index contributed by atoms with van der Waals surface area (Å²) in [4.78, 5) is 27.7. The fraction of sp³-hybridized carbons (Fsp3) is 0.357. The number of furan rings is 1. The van der Waals surface area contributed by atoms with Crippen LogP contribution in [0.5, 0.6) is 5.75 Å². The van der Waals surface area contributed by atoms with Gasteiger partial charge in [-0.1, -0.05) is 37.5 Å². The summed E-state index contributed by atoms with van der Waals surface area (Å²) in [6.45, 7) is 1.33. The molecule has 0 atom stereocenters. The van der Waals surface area contributed by atoms with Gasteiger partial charge in [-0.25, -0.2) is 0 Å². The average molecular weight is 459 g/mol. The van der Waals surface area contributed by atoms with Crippen LogP contribution in [-0.4, -0.2) is 30.4 Å². The fourth-order valence-electron chi connectivity index (χ4n) is 4.99. The van der Waals surface area contributed by atoms with E-state index in [1.54, 1.807) is 31.4 Å². The Kier molecular flexibility index (Phi) is 6.39. The van der Waals surface area contributed by atoms with Crippen molar-refractivity contribution in [2.75, 3.05) is 19.0 Å². The molecule has 1 aromatic heterocycles. The predicted molar refractivity (Wildman–Crippen MR) is 131 cm³/mol. The smallest absolute Gasteiger partial charge is 0.255 e. The number of nitrogens with zero attached hydrogens (tertiary/aromatic N) is 1. The Morgan fingerprint density at radius 3 is 2.68 bits per heavy atom. The van der Waals surface area contributed by atoms with E-state index in [2.05, 4.69) is 5.32 Å². The van der Waals surface area contributed by atoms with Crippen LogP contribution in [0.3, 0.4) is 0 Å². The van der Waals surface area contributed by atoms with Crippen molar-refractivity contribution < 1.29 is 18.7 Å². The van der Waals surface area contributed by atoms with E-state index in [4.69, 9.17) is 9.15 Å². The lowest BCUT2D eigenvalue weighted by Crippen LogP contribution is -2.40. The minimum atomic E-state index is -0.202. The quantitative estimate of drug-likeness (QED) is 0.535. The monoisotopic (exact) mass is 458 g/mol. The Morgan fingerprint density at radius 1 is 1.03 bits per heavy atom. The molecule has 1 saturated carbocycles. The maximum Gasteiger partial charge on any atom is 0.255 e. The Hall–Kier alpha value is -3.54. The van der Waals surface area contributed by atoms with E-state index >= 15 is 0 Å². The zero-order valence-electron chi connectivity index (χ0n) is 19.5. The normalized spacial score (nSPS) is 16.1. The number of carbonyl (C=O) groups excluding carboxylic acids is 2. The van der Waals surface area contributed by atoms with E-state index in [9.17, 15) is 9.59 Å². The SMILES string of the molecule is COc1cccc(C(=O)Nc2cccc(-c3cc4c(o3)CCN(C(=O)C3CCCCC3)C4)c2)c1. The highest BCUT2D eigenvalue weighted by Gasteiger charge is 2.30. The van der Waals surface area contributed by atoms with E-state index in [-0.39, 0.29) is 11.8 Å². The maximum absolute atomic E-state index is 13.0. The molecule has 2 aliphatic rings. The Labute approximate surface area is 199 Å². The number of amides is 2. The van der Waals surface area contributed by atoms with E-state index < -0.39 is 0 Å². The molecule has 0 bridgehead atoms. The largest absolute Gasteiger partial charge is 0.497 e. The summed E-state index contributed by atoms with van der Waals surface area (Å²) >= 11 is 0. The van der Waals surface area contributed by atoms with E-state index in [0.717, 1.165) is 54.8 Å². The third kappa shape index (κ3) is 4.72. The van der Waals surface area contributed by atoms with Crippen LogP contribution in [0, 0.1) is 5.92 Å². The van der Waals surface area contributed by atoms with Crippen LogP contribution < -0.4 is 10.1 Å². The molecule has 6 heteroatoms. The molecule has 176 valence electrons. The van der Waals surface area contributed by atoms with Crippen molar-refractivity contribution in [2.45, 2.75) is 45.1 Å². The number of rotatable bonds is 5. The lowest BCUT2D eigenvalue weighted by molar-refractivity contribution is -0.137. The summed E-state index contributed by atoms with van der Waals surface area (Å²) in [6.07, 6.45) is 6.35. The van der Waals surface area contributed by atoms with Crippen molar-refractivity contribution in [1.82, 2.24) is 4.90 Å². The zero-order chi connectivity index (χ0) is 23.5. The number of fused-ring (bicyclic) bond motifs is 1. The summed E-state index contributed by atoms with van der Waals surface area (Å²) in [5, 5.41) is 2.95. The molecule has 0 radical (unpaired) electrons. The van der Waals surface area contributed by atoms with E-state index in [0.29, 0.717) is 36.0 Å². The molecule has 2 amide bonds. The molecular formula is C28H30N2O4. The highest BCUT2D eigenvalue weighted by Crippen LogP contribution is 2.33. The molecule has 2 aromatic carbocycles. The van der Waals surface area contributed by atoms with Crippen LogP contribution in [-0.2, 0) is 17.8 Å². The number of ether oxygens (including phenoxy) is 1. The van der Waals surface area contributed by atoms with Gasteiger partial charge in [-0.3, -0.25) is 9.59 Å². The fourth-order valence-corrected chi connectivity index (χ4v) is 4.99. The highest BCUT2D eigenvalue weighted by atomic mass is 16.5. The van der Waals surface area contributed by atoms with Crippen molar-refractivity contribution in [2.24, 2.45) is 5.92 Å². The number of benzene rings is 2. The second-order valence-corrected chi connectivity index (χ2v) is 9.17. The van der Waals surface area contributed by atoms with Gasteiger partial charge in [0.15, 0.2) is 0 Å². The molecule has 34 heavy (non-hydrogen) atoms. The molecule has 0 spiro atoms. The first-order chi connectivity index (χ1) is 16.6. The van der Waals surface area contributed by atoms with Crippen LogP contribution >= 0.6 is 0 Å². The van der Waals surface area contributed by atoms with Crippen LogP contribution in [0.4, 0.5) is 5.69 Å². The van der Waals surface area contributed by atoms with Crippen molar-refractivity contribution >= 4 is 17.5 Å². The topological polar surface area (TPSA) is 71.8 Å². The molecule has 1 fully saturated rings. The number of nitrogens with one attached hydrogen (secondary N) is 1. The number of carbonyl (C=O) groups is 2. The third-order valence-corrected chi connectivity index (χ3v) is 6.87. The van der Waals surface area contributed by atoms with Gasteiger partial charge in [0.05, 0.1) is 7.11 Å². The molecule has 0 saturated heterocycles. The lowest BCUT2D eigenvalue weighted by atomic mass is 9.88. The van der Waals surface area contributed by atoms with Gasteiger partial charge in [0.2, 0.25) is 5.91 Å². The van der Waals surface area contributed by atoms with E-state index in [1.165, 1.54) is 6.42 Å². The summed E-state index contributed by atoms with van der Waals surface area (Å²) in [5.74, 6) is 2.63. The Morgan fingerprint density at radius 2 is 1.85 bits per heavy atom. The second kappa shape index (κ2) is 9.75. The molecule has 1 aliphatic heterocycles. The average Bonchev–Trinajstić information content (AvgIpc) is 3.32. The Bertz CT molecular complexity index is 1190. The van der Waals surface area contributed by atoms with Gasteiger partial charge in [0.25, 0.3) is 5.91 Å². The molecule has 1 aliphatic carbocycles. The molecule has 0 unspecified atom stereocenters. The van der Waals surface area contributed by atoms with Gasteiger partial charge >= 0.3 is 0 Å². The van der Waals surface area contributed by atoms with Gasteiger partial charge in [0.1, 0.15) is 17.3 Å². The first kappa shape index (κ1) is 22.3. The predicted octanol–water partition coefficient (Wildman–Crippen LogP) is 5.67. The lowest BCUT2D eigenvalue weighted by Gasteiger charge is -2.31. The second-order valence-electron chi connectivity index (χ2n) is 9.17. The van der Waals surface area contributed by atoms with Crippen molar-refractivity contribution in [1.29, 1.82) is 0 Å². The zero-order valence-corrected chi connectivity index (χ0v) is 19.5. The maximum atomic E-state index is 13.0. The van der Waals surface area contributed by atoms with Crippen molar-refractivity contribution in [3.63, 3.8) is 0 Å². The summed E-state index contributed by atoms with van der Waals surface area (Å²) in [5.41, 5.74) is 3.19. The molecule has 3 aromatic rings. The van der Waals surface area contributed by atoms with Crippen LogP contribution in [0.25, 0.3) is 11.3 Å². The van der Waals surface area contributed by atoms with Gasteiger partial charge in [0, 0.05) is 47.8 Å². The number of hydrogen-bond donors (Lipinski definition) is 1. The van der Waals surface area contributed by atoms with Crippen molar-refractivity contribution in [3.05, 3.63) is 71.5 Å². The molecule has 5 rings (SSSR count). The minimum absolute atomic E-state index is 0.187. The summed E-state index contributed by atoms with van der Waals surface area (Å²) in [7, 11) is 1.58. The first-order valence-electron chi connectivity index (χ1n) is 12.1. The van der Waals surface area contributed by atoms with Crippen LogP contribution in [0.2, 0.25) is 0 Å².